The summed E-state index contributed by atoms with van der Waals surface area (Å²) in [7, 11) is 0. The highest BCUT2D eigenvalue weighted by molar-refractivity contribution is 6.33. The van der Waals surface area contributed by atoms with Crippen LogP contribution in [0.4, 0.5) is 0 Å². The lowest BCUT2D eigenvalue weighted by Crippen LogP contribution is -2.46. The van der Waals surface area contributed by atoms with Gasteiger partial charge < -0.3 is 9.64 Å². The Hall–Kier alpha value is -2.08. The van der Waals surface area contributed by atoms with Crippen molar-refractivity contribution in [3.8, 4) is 5.88 Å². The zero-order chi connectivity index (χ0) is 16.9. The van der Waals surface area contributed by atoms with Crippen molar-refractivity contribution in [2.45, 2.75) is 38.8 Å². The Bertz CT molecular complexity index is 690. The molecule has 3 heterocycles. The highest BCUT2D eigenvalue weighted by atomic mass is 35.5. The van der Waals surface area contributed by atoms with Crippen molar-refractivity contribution in [2.75, 3.05) is 13.2 Å². The number of nitrogens with zero attached hydrogens (tertiary/aromatic N) is 4. The number of rotatable bonds is 5. The zero-order valence-electron chi connectivity index (χ0n) is 13.7. The minimum Gasteiger partial charge on any atom is -0.478 e. The van der Waals surface area contributed by atoms with E-state index in [9.17, 15) is 4.79 Å². The molecule has 2 aromatic rings. The molecular weight excluding hydrogens is 328 g/mol. The number of pyridine rings is 1. The van der Waals surface area contributed by atoms with Gasteiger partial charge in [0.2, 0.25) is 5.88 Å². The third kappa shape index (κ3) is 3.70. The summed E-state index contributed by atoms with van der Waals surface area (Å²) in [6, 6.07) is 5.33. The van der Waals surface area contributed by atoms with E-state index in [-0.39, 0.29) is 17.6 Å². The van der Waals surface area contributed by atoms with Crippen LogP contribution in [0.25, 0.3) is 0 Å². The number of hydrogen-bond donors (Lipinski definition) is 0. The summed E-state index contributed by atoms with van der Waals surface area (Å²) in [5.74, 6) is 0.282. The Morgan fingerprint density at radius 3 is 3.04 bits per heavy atom. The van der Waals surface area contributed by atoms with Crippen molar-refractivity contribution in [1.82, 2.24) is 19.7 Å². The van der Waals surface area contributed by atoms with E-state index in [2.05, 4.69) is 10.1 Å². The largest absolute Gasteiger partial charge is 0.478 e. The van der Waals surface area contributed by atoms with Crippen LogP contribution in [-0.2, 0) is 6.54 Å². The van der Waals surface area contributed by atoms with Gasteiger partial charge in [-0.25, -0.2) is 4.98 Å². The molecule has 7 heteroatoms. The molecule has 1 saturated heterocycles. The lowest BCUT2D eigenvalue weighted by atomic mass is 10.0. The van der Waals surface area contributed by atoms with E-state index in [1.54, 1.807) is 18.3 Å². The van der Waals surface area contributed by atoms with Crippen LogP contribution >= 0.6 is 11.6 Å². The second kappa shape index (κ2) is 7.66. The molecular formula is C17H21ClN4O2. The molecule has 1 aliphatic heterocycles. The first kappa shape index (κ1) is 16.8. The number of piperidine rings is 1. The maximum Gasteiger partial charge on any atom is 0.274 e. The van der Waals surface area contributed by atoms with Gasteiger partial charge in [0.05, 0.1) is 24.2 Å². The average Bonchev–Trinajstić information content (AvgIpc) is 3.10. The van der Waals surface area contributed by atoms with Crippen LogP contribution < -0.4 is 4.74 Å². The van der Waals surface area contributed by atoms with Crippen molar-refractivity contribution in [3.63, 3.8) is 0 Å². The normalized spacial score (nSPS) is 17.8. The van der Waals surface area contributed by atoms with E-state index < -0.39 is 0 Å². The minimum absolute atomic E-state index is 0.0970. The van der Waals surface area contributed by atoms with Crippen LogP contribution in [0.1, 0.15) is 36.7 Å². The number of halogens is 1. The molecule has 1 aliphatic rings. The van der Waals surface area contributed by atoms with Gasteiger partial charge in [0.15, 0.2) is 5.69 Å². The Morgan fingerprint density at radius 2 is 2.29 bits per heavy atom. The fraction of sp³-hybridized carbons (Fsp3) is 0.471. The van der Waals surface area contributed by atoms with Gasteiger partial charge in [0.25, 0.3) is 5.91 Å². The van der Waals surface area contributed by atoms with Crippen LogP contribution in [0.5, 0.6) is 5.88 Å². The predicted octanol–water partition coefficient (Wildman–Crippen LogP) is 3.03. The molecule has 1 amide bonds. The quantitative estimate of drug-likeness (QED) is 0.833. The number of hydrogen-bond acceptors (Lipinski definition) is 4. The monoisotopic (exact) mass is 348 g/mol. The molecule has 0 radical (unpaired) electrons. The first-order valence-electron chi connectivity index (χ1n) is 8.26. The summed E-state index contributed by atoms with van der Waals surface area (Å²) in [5, 5.41) is 4.60. The smallest absolute Gasteiger partial charge is 0.274 e. The van der Waals surface area contributed by atoms with Gasteiger partial charge >= 0.3 is 0 Å². The Balaban J connectivity index is 1.82. The van der Waals surface area contributed by atoms with E-state index in [4.69, 9.17) is 16.3 Å². The molecule has 24 heavy (non-hydrogen) atoms. The van der Waals surface area contributed by atoms with Crippen molar-refractivity contribution in [3.05, 3.63) is 41.3 Å². The van der Waals surface area contributed by atoms with Gasteiger partial charge in [-0.05, 0) is 38.3 Å². The van der Waals surface area contributed by atoms with Crippen molar-refractivity contribution in [1.29, 1.82) is 0 Å². The first-order valence-corrected chi connectivity index (χ1v) is 8.64. The summed E-state index contributed by atoms with van der Waals surface area (Å²) >= 11 is 6.22. The van der Waals surface area contributed by atoms with E-state index in [0.717, 1.165) is 19.3 Å². The molecule has 0 N–H and O–H groups in total. The van der Waals surface area contributed by atoms with Gasteiger partial charge in [0.1, 0.15) is 0 Å². The number of amides is 1. The fourth-order valence-corrected chi connectivity index (χ4v) is 3.21. The molecule has 0 aliphatic carbocycles. The van der Waals surface area contributed by atoms with Crippen molar-refractivity contribution in [2.24, 2.45) is 0 Å². The minimum atomic E-state index is -0.140. The number of ether oxygens (including phenoxy) is 1. The summed E-state index contributed by atoms with van der Waals surface area (Å²) in [4.78, 5) is 19.2. The average molecular weight is 349 g/mol. The molecule has 3 rings (SSSR count). The summed E-state index contributed by atoms with van der Waals surface area (Å²) in [6.45, 7) is 3.76. The van der Waals surface area contributed by atoms with Crippen molar-refractivity contribution < 1.29 is 9.53 Å². The zero-order valence-corrected chi connectivity index (χ0v) is 14.4. The van der Waals surface area contributed by atoms with Crippen LogP contribution in [0, 0.1) is 0 Å². The third-order valence-corrected chi connectivity index (χ3v) is 4.47. The lowest BCUT2D eigenvalue weighted by molar-refractivity contribution is 0.0577. The van der Waals surface area contributed by atoms with Crippen LogP contribution in [0.15, 0.2) is 30.6 Å². The molecule has 128 valence electrons. The fourth-order valence-electron chi connectivity index (χ4n) is 3.02. The maximum atomic E-state index is 13.0. The molecule has 0 spiro atoms. The molecule has 2 aromatic heterocycles. The summed E-state index contributed by atoms with van der Waals surface area (Å²) in [5.41, 5.74) is 0.259. The highest BCUT2D eigenvalue weighted by Crippen LogP contribution is 2.25. The standard InChI is InChI=1S/C17H21ClN4O2/c1-2-24-15-8-7-14(18)16(20-15)17(23)22-11-4-3-6-13(22)12-21-10-5-9-19-21/h5,7-10,13H,2-4,6,11-12H2,1H3/t13-/m0/s1. The van der Waals surface area contributed by atoms with E-state index in [0.29, 0.717) is 30.6 Å². The lowest BCUT2D eigenvalue weighted by Gasteiger charge is -2.35. The maximum absolute atomic E-state index is 13.0. The first-order chi connectivity index (χ1) is 11.7. The highest BCUT2D eigenvalue weighted by Gasteiger charge is 2.30. The third-order valence-electron chi connectivity index (χ3n) is 4.16. The molecule has 0 bridgehead atoms. The molecule has 0 aromatic carbocycles. The Labute approximate surface area is 146 Å². The number of carbonyl (C=O) groups is 1. The second-order valence-corrected chi connectivity index (χ2v) is 6.20. The van der Waals surface area contributed by atoms with Gasteiger partial charge in [-0.1, -0.05) is 11.6 Å². The number of likely N-dealkylation sites (tertiary alicyclic amines) is 1. The SMILES string of the molecule is CCOc1ccc(Cl)c(C(=O)N2CCCC[C@H]2Cn2cccn2)n1. The van der Waals surface area contributed by atoms with Crippen LogP contribution in [0.2, 0.25) is 5.02 Å². The molecule has 1 fully saturated rings. The summed E-state index contributed by atoms with van der Waals surface area (Å²) in [6.07, 6.45) is 6.71. The van der Waals surface area contributed by atoms with Gasteiger partial charge in [-0.15, -0.1) is 0 Å². The summed E-state index contributed by atoms with van der Waals surface area (Å²) < 4.78 is 7.26. The van der Waals surface area contributed by atoms with Crippen LogP contribution in [0.3, 0.4) is 0 Å². The predicted molar refractivity (Wildman–Crippen MR) is 91.3 cm³/mol. The number of aromatic nitrogens is 3. The van der Waals surface area contributed by atoms with Gasteiger partial charge in [-0.3, -0.25) is 9.48 Å². The van der Waals surface area contributed by atoms with Gasteiger partial charge in [-0.2, -0.15) is 5.10 Å². The van der Waals surface area contributed by atoms with Crippen LogP contribution in [-0.4, -0.2) is 44.8 Å². The van der Waals surface area contributed by atoms with Crippen molar-refractivity contribution >= 4 is 17.5 Å². The van der Waals surface area contributed by atoms with E-state index in [1.807, 2.05) is 28.8 Å². The number of carbonyl (C=O) groups excluding carboxylic acids is 1. The van der Waals surface area contributed by atoms with E-state index in [1.165, 1.54) is 0 Å². The second-order valence-electron chi connectivity index (χ2n) is 5.79. The Kier molecular flexibility index (Phi) is 5.35. The van der Waals surface area contributed by atoms with E-state index >= 15 is 0 Å². The molecule has 6 nitrogen and oxygen atoms in total. The Morgan fingerprint density at radius 1 is 1.42 bits per heavy atom. The molecule has 0 unspecified atom stereocenters. The molecule has 0 saturated carbocycles. The topological polar surface area (TPSA) is 60.2 Å². The van der Waals surface area contributed by atoms with Gasteiger partial charge in [0, 0.05) is 25.0 Å². The molecule has 1 atom stereocenters.